The third kappa shape index (κ3) is 3.89. The molecule has 0 saturated heterocycles. The minimum Gasteiger partial charge on any atom is -0.496 e. The van der Waals surface area contributed by atoms with Crippen LogP contribution in [0.1, 0.15) is 31.9 Å². The molecule has 100 valence electrons. The molecule has 0 aliphatic heterocycles. The first kappa shape index (κ1) is 14.8. The fourth-order valence-corrected chi connectivity index (χ4v) is 1.75. The van der Waals surface area contributed by atoms with Gasteiger partial charge in [0.1, 0.15) is 11.5 Å². The highest BCUT2D eigenvalue weighted by atomic mass is 16.5. The van der Waals surface area contributed by atoms with Crippen LogP contribution in [0.15, 0.2) is 23.3 Å². The van der Waals surface area contributed by atoms with Crippen LogP contribution in [-0.4, -0.2) is 14.2 Å². The third-order valence-electron chi connectivity index (χ3n) is 2.57. The summed E-state index contributed by atoms with van der Waals surface area (Å²) >= 11 is 0. The predicted molar refractivity (Wildman–Crippen MR) is 78.1 cm³/mol. The Morgan fingerprint density at radius 1 is 1.00 bits per heavy atom. The van der Waals surface area contributed by atoms with E-state index in [1.54, 1.807) is 27.2 Å². The molecule has 3 heteroatoms. The van der Waals surface area contributed by atoms with Gasteiger partial charge >= 0.3 is 0 Å². The lowest BCUT2D eigenvalue weighted by Gasteiger charge is -2.11. The lowest BCUT2D eigenvalue weighted by Crippen LogP contribution is -1.93. The molecule has 1 aromatic rings. The lowest BCUT2D eigenvalue weighted by molar-refractivity contribution is 0.401. The fourth-order valence-electron chi connectivity index (χ4n) is 1.75. The van der Waals surface area contributed by atoms with Crippen molar-refractivity contribution in [2.75, 3.05) is 14.2 Å². The van der Waals surface area contributed by atoms with E-state index in [1.807, 2.05) is 32.1 Å². The molecule has 0 atom stereocenters. The molecule has 0 aromatic heterocycles. The second-order valence-corrected chi connectivity index (χ2v) is 4.50. The Bertz CT molecular complexity index is 559. The number of methoxy groups -OCH3 is 2. The first-order valence-electron chi connectivity index (χ1n) is 6.01. The fraction of sp³-hybridized carbons (Fsp3) is 0.312. The van der Waals surface area contributed by atoms with Crippen molar-refractivity contribution >= 4 is 12.2 Å². The van der Waals surface area contributed by atoms with E-state index in [1.165, 1.54) is 5.57 Å². The molecule has 0 unspecified atom stereocenters. The summed E-state index contributed by atoms with van der Waals surface area (Å²) in [7, 11) is 3.25. The van der Waals surface area contributed by atoms with Crippen LogP contribution in [0.2, 0.25) is 0 Å². The van der Waals surface area contributed by atoms with Crippen LogP contribution in [0.25, 0.3) is 12.2 Å². The molecule has 19 heavy (non-hydrogen) atoms. The van der Waals surface area contributed by atoms with Crippen molar-refractivity contribution in [2.24, 2.45) is 0 Å². The first-order chi connectivity index (χ1) is 9.01. The third-order valence-corrected chi connectivity index (χ3v) is 2.57. The van der Waals surface area contributed by atoms with Crippen LogP contribution in [0.3, 0.4) is 0 Å². The maximum atomic E-state index is 8.86. The summed E-state index contributed by atoms with van der Waals surface area (Å²) in [4.78, 5) is 0. The minimum absolute atomic E-state index is 0.621. The molecule has 0 N–H and O–H groups in total. The number of nitrogens with zero attached hydrogens (tertiary/aromatic N) is 1. The summed E-state index contributed by atoms with van der Waals surface area (Å²) in [5.41, 5.74) is 3.60. The summed E-state index contributed by atoms with van der Waals surface area (Å²) < 4.78 is 10.8. The van der Waals surface area contributed by atoms with Gasteiger partial charge in [0.05, 0.1) is 20.3 Å². The van der Waals surface area contributed by atoms with Crippen LogP contribution in [-0.2, 0) is 0 Å². The second kappa shape index (κ2) is 6.65. The Kier molecular flexibility index (Phi) is 5.20. The Hall–Kier alpha value is -2.21. The van der Waals surface area contributed by atoms with Gasteiger partial charge in [0.25, 0.3) is 0 Å². The monoisotopic (exact) mass is 257 g/mol. The highest BCUT2D eigenvalue weighted by Gasteiger charge is 2.08. The van der Waals surface area contributed by atoms with Crippen molar-refractivity contribution in [1.29, 1.82) is 5.26 Å². The number of allylic oxidation sites excluding steroid dienone is 2. The van der Waals surface area contributed by atoms with E-state index in [9.17, 15) is 0 Å². The molecule has 0 aliphatic rings. The maximum Gasteiger partial charge on any atom is 0.126 e. The highest BCUT2D eigenvalue weighted by molar-refractivity contribution is 5.70. The van der Waals surface area contributed by atoms with Gasteiger partial charge < -0.3 is 9.47 Å². The van der Waals surface area contributed by atoms with Gasteiger partial charge in [-0.3, -0.25) is 0 Å². The van der Waals surface area contributed by atoms with Crippen molar-refractivity contribution in [3.05, 3.63) is 34.4 Å². The number of hydrogen-bond acceptors (Lipinski definition) is 3. The van der Waals surface area contributed by atoms with Crippen molar-refractivity contribution < 1.29 is 9.47 Å². The first-order valence-corrected chi connectivity index (χ1v) is 6.01. The molecule has 0 aliphatic carbocycles. The Labute approximate surface area is 114 Å². The molecule has 0 heterocycles. The van der Waals surface area contributed by atoms with Crippen molar-refractivity contribution in [3.8, 4) is 17.6 Å². The smallest absolute Gasteiger partial charge is 0.126 e. The molecule has 3 nitrogen and oxygen atoms in total. The Morgan fingerprint density at radius 3 is 1.84 bits per heavy atom. The van der Waals surface area contributed by atoms with E-state index in [4.69, 9.17) is 14.7 Å². The maximum absolute atomic E-state index is 8.86. The van der Waals surface area contributed by atoms with E-state index in [-0.39, 0.29) is 0 Å². The molecule has 0 amide bonds. The van der Waals surface area contributed by atoms with Crippen LogP contribution in [0.5, 0.6) is 11.5 Å². The summed E-state index contributed by atoms with van der Waals surface area (Å²) in [6, 6.07) is 5.90. The van der Waals surface area contributed by atoms with Gasteiger partial charge in [-0.1, -0.05) is 11.6 Å². The van der Waals surface area contributed by atoms with Crippen molar-refractivity contribution in [2.45, 2.75) is 20.8 Å². The number of nitriles is 1. The quantitative estimate of drug-likeness (QED) is 0.764. The summed E-state index contributed by atoms with van der Waals surface area (Å²) in [6.07, 6.45) is 3.82. The Balaban J connectivity index is 3.44. The van der Waals surface area contributed by atoms with Gasteiger partial charge in [0.2, 0.25) is 0 Å². The van der Waals surface area contributed by atoms with E-state index >= 15 is 0 Å². The molecular formula is C16H19NO2. The van der Waals surface area contributed by atoms with Gasteiger partial charge in [0, 0.05) is 16.7 Å². The van der Waals surface area contributed by atoms with E-state index in [0.29, 0.717) is 5.57 Å². The standard InChI is InChI=1S/C16H19NO2/c1-11(2)6-13-8-16(19-5)14(7-12(3)10-17)9-15(13)18-4/h6-9H,1-5H3. The molecule has 1 aromatic carbocycles. The van der Waals surface area contributed by atoms with Gasteiger partial charge in [-0.25, -0.2) is 0 Å². The number of hydrogen-bond donors (Lipinski definition) is 0. The lowest BCUT2D eigenvalue weighted by atomic mass is 10.0. The molecule has 0 radical (unpaired) electrons. The zero-order valence-electron chi connectivity index (χ0n) is 12.1. The summed E-state index contributed by atoms with van der Waals surface area (Å²) in [6.45, 7) is 5.81. The number of rotatable bonds is 4. The molecule has 0 saturated carbocycles. The molecule has 1 rings (SSSR count). The van der Waals surface area contributed by atoms with Crippen molar-refractivity contribution in [1.82, 2.24) is 0 Å². The molecule has 0 spiro atoms. The van der Waals surface area contributed by atoms with E-state index < -0.39 is 0 Å². The van der Waals surface area contributed by atoms with Gasteiger partial charge in [-0.15, -0.1) is 0 Å². The SMILES string of the molecule is COc1cc(C=C(C)C#N)c(OC)cc1C=C(C)C. The summed E-state index contributed by atoms with van der Waals surface area (Å²) in [5, 5.41) is 8.86. The minimum atomic E-state index is 0.621. The molecule has 0 fully saturated rings. The predicted octanol–water partition coefficient (Wildman–Crippen LogP) is 4.05. The Morgan fingerprint density at radius 2 is 1.47 bits per heavy atom. The van der Waals surface area contributed by atoms with Crippen LogP contribution >= 0.6 is 0 Å². The van der Waals surface area contributed by atoms with E-state index in [0.717, 1.165) is 22.6 Å². The number of ether oxygens (including phenoxy) is 2. The van der Waals surface area contributed by atoms with Crippen LogP contribution in [0.4, 0.5) is 0 Å². The zero-order chi connectivity index (χ0) is 14.4. The average molecular weight is 257 g/mol. The van der Waals surface area contributed by atoms with Gasteiger partial charge in [-0.05, 0) is 39.0 Å². The average Bonchev–Trinajstić information content (AvgIpc) is 2.38. The van der Waals surface area contributed by atoms with Crippen LogP contribution in [0, 0.1) is 11.3 Å². The molecular weight excluding hydrogens is 238 g/mol. The highest BCUT2D eigenvalue weighted by Crippen LogP contribution is 2.31. The zero-order valence-corrected chi connectivity index (χ0v) is 12.1. The van der Waals surface area contributed by atoms with Crippen LogP contribution < -0.4 is 9.47 Å². The van der Waals surface area contributed by atoms with Gasteiger partial charge in [-0.2, -0.15) is 5.26 Å². The second-order valence-electron chi connectivity index (χ2n) is 4.50. The van der Waals surface area contributed by atoms with Gasteiger partial charge in [0.15, 0.2) is 0 Å². The normalized spacial score (nSPS) is 10.6. The summed E-state index contributed by atoms with van der Waals surface area (Å²) in [5.74, 6) is 1.49. The molecule has 0 bridgehead atoms. The van der Waals surface area contributed by atoms with Crippen molar-refractivity contribution in [3.63, 3.8) is 0 Å². The largest absolute Gasteiger partial charge is 0.496 e. The number of benzene rings is 1. The van der Waals surface area contributed by atoms with E-state index in [2.05, 4.69) is 6.07 Å². The topological polar surface area (TPSA) is 42.2 Å².